The first-order valence-electron chi connectivity index (χ1n) is 6.95. The molecule has 0 radical (unpaired) electrons. The van der Waals surface area contributed by atoms with Gasteiger partial charge in [0.05, 0.1) is 12.3 Å². The number of nitrogens with zero attached hydrogens (tertiary/aromatic N) is 2. The maximum Gasteiger partial charge on any atom is 0.230 e. The summed E-state index contributed by atoms with van der Waals surface area (Å²) in [6.45, 7) is 0.320. The number of hydrogen-bond acceptors (Lipinski definition) is 4. The van der Waals surface area contributed by atoms with E-state index in [1.807, 2.05) is 4.57 Å². The van der Waals surface area contributed by atoms with Crippen LogP contribution in [0.5, 0.6) is 0 Å². The van der Waals surface area contributed by atoms with E-state index in [9.17, 15) is 9.18 Å². The van der Waals surface area contributed by atoms with E-state index in [1.54, 1.807) is 18.2 Å². The quantitative estimate of drug-likeness (QED) is 0.628. The summed E-state index contributed by atoms with van der Waals surface area (Å²) >= 11 is 6.36. The van der Waals surface area contributed by atoms with Crippen molar-refractivity contribution in [2.45, 2.75) is 30.3 Å². The molecule has 1 aliphatic rings. The second kappa shape index (κ2) is 6.62. The fourth-order valence-electron chi connectivity index (χ4n) is 2.11. The maximum atomic E-state index is 13.5. The van der Waals surface area contributed by atoms with Gasteiger partial charge in [-0.05, 0) is 37.2 Å². The number of nitrogens with one attached hydrogen (secondary N) is 2. The summed E-state index contributed by atoms with van der Waals surface area (Å²) < 4.78 is 16.0. The minimum absolute atomic E-state index is 0.162. The molecule has 1 aliphatic carbocycles. The van der Waals surface area contributed by atoms with Gasteiger partial charge in [0.1, 0.15) is 5.82 Å². The number of halogens is 1. The van der Waals surface area contributed by atoms with Crippen molar-refractivity contribution in [1.29, 1.82) is 0 Å². The van der Waals surface area contributed by atoms with E-state index < -0.39 is 0 Å². The smallest absolute Gasteiger partial charge is 0.230 e. The first-order valence-corrected chi connectivity index (χ1v) is 8.34. The van der Waals surface area contributed by atoms with Gasteiger partial charge < -0.3 is 5.32 Å². The summed E-state index contributed by atoms with van der Waals surface area (Å²) in [5, 5.41) is 9.70. The third-order valence-corrected chi connectivity index (χ3v) is 4.67. The average molecular weight is 338 g/mol. The second-order valence-corrected chi connectivity index (χ2v) is 6.45. The number of aromatic amines is 1. The summed E-state index contributed by atoms with van der Waals surface area (Å²) in [7, 11) is 0. The standard InChI is InChI=1S/C14H15FN4OS2/c15-10-3-1-2-4-11(10)22-8-13(20)16-7-12-17-18-14(21)19(12)9-5-6-9/h1-4,9H,5-8H2,(H,16,20)(H,18,21). The van der Waals surface area contributed by atoms with Gasteiger partial charge in [-0.1, -0.05) is 12.1 Å². The van der Waals surface area contributed by atoms with Crippen LogP contribution in [0.25, 0.3) is 0 Å². The maximum absolute atomic E-state index is 13.5. The van der Waals surface area contributed by atoms with Crippen molar-refractivity contribution in [3.8, 4) is 0 Å². The molecule has 0 atom stereocenters. The summed E-state index contributed by atoms with van der Waals surface area (Å²) in [5.41, 5.74) is 0. The Labute approximate surface area is 136 Å². The Bertz CT molecular complexity index is 738. The monoisotopic (exact) mass is 338 g/mol. The first kappa shape index (κ1) is 15.2. The zero-order chi connectivity index (χ0) is 15.5. The van der Waals surface area contributed by atoms with Crippen LogP contribution in [0.15, 0.2) is 29.2 Å². The van der Waals surface area contributed by atoms with Crippen LogP contribution in [0.2, 0.25) is 0 Å². The molecule has 0 spiro atoms. The number of aromatic nitrogens is 3. The molecule has 1 aromatic carbocycles. The van der Waals surface area contributed by atoms with E-state index in [2.05, 4.69) is 15.5 Å². The molecule has 5 nitrogen and oxygen atoms in total. The number of rotatable bonds is 6. The molecule has 0 bridgehead atoms. The molecule has 2 N–H and O–H groups in total. The van der Waals surface area contributed by atoms with Crippen molar-refractivity contribution in [2.24, 2.45) is 0 Å². The second-order valence-electron chi connectivity index (χ2n) is 5.04. The third kappa shape index (κ3) is 3.56. The van der Waals surface area contributed by atoms with Gasteiger partial charge in [0.15, 0.2) is 10.6 Å². The highest BCUT2D eigenvalue weighted by Gasteiger charge is 2.27. The minimum Gasteiger partial charge on any atom is -0.348 e. The van der Waals surface area contributed by atoms with Gasteiger partial charge in [-0.15, -0.1) is 11.8 Å². The molecule has 1 heterocycles. The predicted octanol–water partition coefficient (Wildman–Crippen LogP) is 2.82. The zero-order valence-electron chi connectivity index (χ0n) is 11.7. The molecule has 0 unspecified atom stereocenters. The number of amides is 1. The predicted molar refractivity (Wildman–Crippen MR) is 84.7 cm³/mol. The Morgan fingerprint density at radius 3 is 3.00 bits per heavy atom. The molecule has 1 saturated carbocycles. The van der Waals surface area contributed by atoms with E-state index >= 15 is 0 Å². The SMILES string of the molecule is O=C(CSc1ccccc1F)NCc1n[nH]c(=S)n1C1CC1. The molecule has 22 heavy (non-hydrogen) atoms. The Hall–Kier alpha value is -1.67. The molecule has 0 saturated heterocycles. The number of thioether (sulfide) groups is 1. The lowest BCUT2D eigenvalue weighted by atomic mass is 10.3. The van der Waals surface area contributed by atoms with Crippen molar-refractivity contribution in [1.82, 2.24) is 20.1 Å². The Kier molecular flexibility index (Phi) is 4.58. The zero-order valence-corrected chi connectivity index (χ0v) is 13.3. The van der Waals surface area contributed by atoms with Crippen LogP contribution < -0.4 is 5.32 Å². The number of hydrogen-bond donors (Lipinski definition) is 2. The summed E-state index contributed by atoms with van der Waals surface area (Å²) in [4.78, 5) is 12.3. The van der Waals surface area contributed by atoms with Crippen LogP contribution in [0.1, 0.15) is 24.7 Å². The number of benzene rings is 1. The minimum atomic E-state index is -0.310. The van der Waals surface area contributed by atoms with E-state index in [-0.39, 0.29) is 17.5 Å². The van der Waals surface area contributed by atoms with Gasteiger partial charge in [-0.25, -0.2) is 4.39 Å². The average Bonchev–Trinajstić information content (AvgIpc) is 3.27. The van der Waals surface area contributed by atoms with Crippen LogP contribution in [0.3, 0.4) is 0 Å². The van der Waals surface area contributed by atoms with Gasteiger partial charge >= 0.3 is 0 Å². The van der Waals surface area contributed by atoms with Crippen LogP contribution in [0, 0.1) is 10.6 Å². The molecular formula is C14H15FN4OS2. The Morgan fingerprint density at radius 1 is 1.50 bits per heavy atom. The van der Waals surface area contributed by atoms with Gasteiger partial charge in [-0.2, -0.15) is 5.10 Å². The van der Waals surface area contributed by atoms with Gasteiger partial charge in [0, 0.05) is 10.9 Å². The lowest BCUT2D eigenvalue weighted by Gasteiger charge is -2.07. The fraction of sp³-hybridized carbons (Fsp3) is 0.357. The Balaban J connectivity index is 1.53. The molecule has 1 aromatic heterocycles. The topological polar surface area (TPSA) is 62.7 Å². The van der Waals surface area contributed by atoms with Crippen molar-refractivity contribution >= 4 is 29.9 Å². The summed E-state index contributed by atoms with van der Waals surface area (Å²) in [5.74, 6) is 0.423. The largest absolute Gasteiger partial charge is 0.348 e. The van der Waals surface area contributed by atoms with Crippen molar-refractivity contribution < 1.29 is 9.18 Å². The van der Waals surface area contributed by atoms with Crippen molar-refractivity contribution in [3.63, 3.8) is 0 Å². The summed E-state index contributed by atoms with van der Waals surface area (Å²) in [6.07, 6.45) is 2.19. The van der Waals surface area contributed by atoms with Gasteiger partial charge in [-0.3, -0.25) is 14.5 Å². The molecule has 1 fully saturated rings. The third-order valence-electron chi connectivity index (χ3n) is 3.33. The first-order chi connectivity index (χ1) is 10.6. The highest BCUT2D eigenvalue weighted by Crippen LogP contribution is 2.35. The lowest BCUT2D eigenvalue weighted by Crippen LogP contribution is -2.26. The normalized spacial score (nSPS) is 14.0. The molecule has 116 valence electrons. The number of carbonyl (C=O) groups excluding carboxylic acids is 1. The summed E-state index contributed by atoms with van der Waals surface area (Å²) in [6, 6.07) is 6.82. The van der Waals surface area contributed by atoms with E-state index in [0.717, 1.165) is 18.7 Å². The highest BCUT2D eigenvalue weighted by atomic mass is 32.2. The van der Waals surface area contributed by atoms with E-state index in [1.165, 1.54) is 17.8 Å². The molecule has 2 aromatic rings. The molecule has 1 amide bonds. The van der Waals surface area contributed by atoms with Crippen LogP contribution >= 0.6 is 24.0 Å². The lowest BCUT2D eigenvalue weighted by molar-refractivity contribution is -0.118. The fourth-order valence-corrected chi connectivity index (χ4v) is 3.17. The van der Waals surface area contributed by atoms with Crippen LogP contribution in [-0.4, -0.2) is 26.4 Å². The van der Waals surface area contributed by atoms with Crippen LogP contribution in [0.4, 0.5) is 4.39 Å². The van der Waals surface area contributed by atoms with E-state index in [4.69, 9.17) is 12.2 Å². The highest BCUT2D eigenvalue weighted by molar-refractivity contribution is 8.00. The van der Waals surface area contributed by atoms with Crippen LogP contribution in [-0.2, 0) is 11.3 Å². The number of carbonyl (C=O) groups is 1. The number of H-pyrrole nitrogens is 1. The van der Waals surface area contributed by atoms with Gasteiger partial charge in [0.25, 0.3) is 0 Å². The molecular weight excluding hydrogens is 323 g/mol. The molecule has 3 rings (SSSR count). The Morgan fingerprint density at radius 2 is 2.27 bits per heavy atom. The van der Waals surface area contributed by atoms with Gasteiger partial charge in [0.2, 0.25) is 5.91 Å². The molecule has 0 aliphatic heterocycles. The van der Waals surface area contributed by atoms with Crippen molar-refractivity contribution in [3.05, 3.63) is 40.7 Å². The molecule has 8 heteroatoms. The van der Waals surface area contributed by atoms with Crippen molar-refractivity contribution in [2.75, 3.05) is 5.75 Å². The van der Waals surface area contributed by atoms with E-state index in [0.29, 0.717) is 22.3 Å².